The van der Waals surface area contributed by atoms with Gasteiger partial charge < -0.3 is 20.4 Å². The van der Waals surface area contributed by atoms with Crippen molar-refractivity contribution >= 4 is 23.4 Å². The number of unbranched alkanes of at least 4 members (excludes halogenated alkanes) is 8. The lowest BCUT2D eigenvalue weighted by molar-refractivity contribution is 0.203. The summed E-state index contributed by atoms with van der Waals surface area (Å²) in [5.74, 6) is -3.21. The SMILES string of the molecule is CCCCCCCN(Cc1ccccc1CN(CCCCCCC)C(=O)Nc1ccc(F)cc1F)C(=O)Nc1ccc(F)cc1F. The van der Waals surface area contributed by atoms with Crippen LogP contribution in [0.1, 0.15) is 89.2 Å². The molecule has 3 aromatic carbocycles. The van der Waals surface area contributed by atoms with Gasteiger partial charge >= 0.3 is 12.1 Å². The largest absolute Gasteiger partial charge is 0.322 e. The van der Waals surface area contributed by atoms with Crippen molar-refractivity contribution in [3.05, 3.63) is 95.1 Å². The standard InChI is InChI=1S/C36H46F4N4O2/c1-3-5-7-9-13-21-43(35(45)41-33-19-17-29(37)23-31(33)39)25-27-15-11-12-16-28(27)26-44(22-14-10-8-6-4-2)36(46)42-34-20-18-30(38)24-32(34)40/h11-12,15-20,23-24H,3-10,13-14,21-22,25-26H2,1-2H3,(H,41,45)(H,42,46). The Bertz CT molecular complexity index is 1300. The number of amides is 4. The van der Waals surface area contributed by atoms with Crippen molar-refractivity contribution in [1.29, 1.82) is 0 Å². The van der Waals surface area contributed by atoms with E-state index in [0.29, 0.717) is 13.1 Å². The van der Waals surface area contributed by atoms with Gasteiger partial charge in [0.25, 0.3) is 0 Å². The highest BCUT2D eigenvalue weighted by atomic mass is 19.1. The van der Waals surface area contributed by atoms with Gasteiger partial charge in [-0.05, 0) is 48.2 Å². The van der Waals surface area contributed by atoms with E-state index in [1.165, 1.54) is 12.1 Å². The van der Waals surface area contributed by atoms with Crippen molar-refractivity contribution in [2.45, 2.75) is 91.1 Å². The normalized spacial score (nSPS) is 10.9. The minimum absolute atomic E-state index is 0.116. The Morgan fingerprint density at radius 2 is 0.957 bits per heavy atom. The van der Waals surface area contributed by atoms with Crippen molar-refractivity contribution in [3.63, 3.8) is 0 Å². The summed E-state index contributed by atoms with van der Waals surface area (Å²) in [5, 5.41) is 5.16. The van der Waals surface area contributed by atoms with Gasteiger partial charge in [0, 0.05) is 38.3 Å². The minimum atomic E-state index is -0.866. The minimum Gasteiger partial charge on any atom is -0.320 e. The molecule has 0 aromatic heterocycles. The second-order valence-corrected chi connectivity index (χ2v) is 11.5. The molecule has 0 heterocycles. The predicted molar refractivity (Wildman–Crippen MR) is 176 cm³/mol. The maximum Gasteiger partial charge on any atom is 0.322 e. The first-order valence-corrected chi connectivity index (χ1v) is 16.3. The van der Waals surface area contributed by atoms with E-state index < -0.39 is 35.3 Å². The van der Waals surface area contributed by atoms with Crippen molar-refractivity contribution in [2.75, 3.05) is 23.7 Å². The topological polar surface area (TPSA) is 64.7 Å². The maximum atomic E-state index is 14.4. The van der Waals surface area contributed by atoms with Crippen molar-refractivity contribution in [2.24, 2.45) is 0 Å². The average molecular weight is 643 g/mol. The van der Waals surface area contributed by atoms with Gasteiger partial charge in [-0.25, -0.2) is 27.2 Å². The molecule has 0 radical (unpaired) electrons. The zero-order valence-electron chi connectivity index (χ0n) is 26.9. The Morgan fingerprint density at radius 1 is 0.565 bits per heavy atom. The van der Waals surface area contributed by atoms with Gasteiger partial charge in [-0.15, -0.1) is 0 Å². The fraction of sp³-hybridized carbons (Fsp3) is 0.444. The smallest absolute Gasteiger partial charge is 0.320 e. The number of halogens is 4. The van der Waals surface area contributed by atoms with Crippen LogP contribution in [0.15, 0.2) is 60.7 Å². The number of hydrogen-bond acceptors (Lipinski definition) is 2. The summed E-state index contributed by atoms with van der Waals surface area (Å²) in [6.45, 7) is 5.46. The quantitative estimate of drug-likeness (QED) is 0.107. The molecule has 10 heteroatoms. The third-order valence-corrected chi connectivity index (χ3v) is 7.82. The number of nitrogens with one attached hydrogen (secondary N) is 2. The van der Waals surface area contributed by atoms with Crippen LogP contribution in [0.5, 0.6) is 0 Å². The first-order valence-electron chi connectivity index (χ1n) is 16.3. The number of nitrogens with zero attached hydrogens (tertiary/aromatic N) is 2. The van der Waals surface area contributed by atoms with Crippen LogP contribution in [-0.2, 0) is 13.1 Å². The second kappa shape index (κ2) is 19.4. The van der Waals surface area contributed by atoms with E-state index in [1.807, 2.05) is 24.3 Å². The van der Waals surface area contributed by atoms with E-state index in [-0.39, 0.29) is 24.5 Å². The maximum absolute atomic E-state index is 14.4. The molecule has 0 saturated heterocycles. The van der Waals surface area contributed by atoms with Crippen LogP contribution >= 0.6 is 0 Å². The molecule has 0 bridgehead atoms. The van der Waals surface area contributed by atoms with Gasteiger partial charge in [0.05, 0.1) is 11.4 Å². The average Bonchev–Trinajstić information content (AvgIpc) is 3.03. The zero-order valence-corrected chi connectivity index (χ0v) is 26.9. The number of anilines is 2. The fourth-order valence-electron chi connectivity index (χ4n) is 5.16. The first-order chi connectivity index (χ1) is 22.2. The number of rotatable bonds is 18. The van der Waals surface area contributed by atoms with Crippen LogP contribution in [0.2, 0.25) is 0 Å². The summed E-state index contributed by atoms with van der Waals surface area (Å²) in [4.78, 5) is 30.0. The Balaban J connectivity index is 1.81. The Labute approximate surface area is 270 Å². The van der Waals surface area contributed by atoms with Gasteiger partial charge in [-0.2, -0.15) is 0 Å². The molecule has 250 valence electrons. The van der Waals surface area contributed by atoms with Crippen LogP contribution in [0.3, 0.4) is 0 Å². The van der Waals surface area contributed by atoms with Crippen LogP contribution in [-0.4, -0.2) is 35.0 Å². The molecule has 0 unspecified atom stereocenters. The van der Waals surface area contributed by atoms with E-state index in [2.05, 4.69) is 24.5 Å². The molecular weight excluding hydrogens is 596 g/mol. The lowest BCUT2D eigenvalue weighted by Crippen LogP contribution is -2.37. The van der Waals surface area contributed by atoms with Crippen molar-refractivity contribution in [1.82, 2.24) is 9.80 Å². The Kier molecular flexibility index (Phi) is 15.4. The summed E-state index contributed by atoms with van der Waals surface area (Å²) < 4.78 is 55.7. The van der Waals surface area contributed by atoms with E-state index in [9.17, 15) is 27.2 Å². The number of carbonyl (C=O) groups is 2. The van der Waals surface area contributed by atoms with Gasteiger partial charge in [-0.3, -0.25) is 0 Å². The fourth-order valence-corrected chi connectivity index (χ4v) is 5.16. The molecule has 2 N–H and O–H groups in total. The molecule has 0 aliphatic carbocycles. The molecule has 6 nitrogen and oxygen atoms in total. The van der Waals surface area contributed by atoms with E-state index in [0.717, 1.165) is 99.6 Å². The van der Waals surface area contributed by atoms with E-state index in [4.69, 9.17) is 0 Å². The Morgan fingerprint density at radius 3 is 1.33 bits per heavy atom. The number of hydrogen-bond donors (Lipinski definition) is 2. The van der Waals surface area contributed by atoms with Crippen LogP contribution in [0, 0.1) is 23.3 Å². The highest BCUT2D eigenvalue weighted by Gasteiger charge is 2.21. The first kappa shape index (κ1) is 36.4. The molecule has 3 aromatic rings. The molecule has 0 aliphatic heterocycles. The molecular formula is C36H46F4N4O2. The third-order valence-electron chi connectivity index (χ3n) is 7.82. The van der Waals surface area contributed by atoms with E-state index >= 15 is 0 Å². The van der Waals surface area contributed by atoms with Crippen molar-refractivity contribution in [3.8, 4) is 0 Å². The lowest BCUT2D eigenvalue weighted by Gasteiger charge is -2.27. The van der Waals surface area contributed by atoms with Gasteiger partial charge in [0.15, 0.2) is 0 Å². The van der Waals surface area contributed by atoms with Gasteiger partial charge in [-0.1, -0.05) is 89.5 Å². The van der Waals surface area contributed by atoms with Gasteiger partial charge in [0.1, 0.15) is 23.3 Å². The number of urea groups is 2. The van der Waals surface area contributed by atoms with Crippen molar-refractivity contribution < 1.29 is 27.2 Å². The summed E-state index contributed by atoms with van der Waals surface area (Å²) in [7, 11) is 0. The second-order valence-electron chi connectivity index (χ2n) is 11.5. The van der Waals surface area contributed by atoms with Gasteiger partial charge in [0.2, 0.25) is 0 Å². The number of carbonyl (C=O) groups excluding carboxylic acids is 2. The van der Waals surface area contributed by atoms with Crippen LogP contribution in [0.25, 0.3) is 0 Å². The highest BCUT2D eigenvalue weighted by Crippen LogP contribution is 2.21. The molecule has 0 spiro atoms. The molecule has 46 heavy (non-hydrogen) atoms. The summed E-state index contributed by atoms with van der Waals surface area (Å²) in [5.41, 5.74) is 1.36. The molecule has 0 atom stereocenters. The lowest BCUT2D eigenvalue weighted by atomic mass is 10.1. The molecule has 0 aliphatic rings. The van der Waals surface area contributed by atoms with Crippen LogP contribution < -0.4 is 10.6 Å². The summed E-state index contributed by atoms with van der Waals surface area (Å²) in [6, 6.07) is 12.4. The highest BCUT2D eigenvalue weighted by molar-refractivity contribution is 5.90. The third kappa shape index (κ3) is 12.0. The summed E-state index contributed by atoms with van der Waals surface area (Å²) in [6.07, 6.45) is 9.76. The Hall–Kier alpha value is -4.08. The zero-order chi connectivity index (χ0) is 33.3. The number of benzene rings is 3. The molecule has 4 amide bonds. The molecule has 3 rings (SSSR count). The monoisotopic (exact) mass is 642 g/mol. The predicted octanol–water partition coefficient (Wildman–Crippen LogP) is 10.3. The van der Waals surface area contributed by atoms with Crippen LogP contribution in [0.4, 0.5) is 38.5 Å². The molecule has 0 fully saturated rings. The van der Waals surface area contributed by atoms with E-state index in [1.54, 1.807) is 9.80 Å². The molecule has 0 saturated carbocycles. The summed E-state index contributed by atoms with van der Waals surface area (Å²) >= 11 is 0.